The summed E-state index contributed by atoms with van der Waals surface area (Å²) < 4.78 is 0. The predicted octanol–water partition coefficient (Wildman–Crippen LogP) is 8.30. The Bertz CT molecular complexity index is 1400. The maximum atomic E-state index is 12.8. The van der Waals surface area contributed by atoms with Crippen molar-refractivity contribution in [3.8, 4) is 11.3 Å². The van der Waals surface area contributed by atoms with Crippen LogP contribution in [0.2, 0.25) is 10.0 Å². The Hall–Kier alpha value is -3.28. The molecule has 1 heterocycles. The summed E-state index contributed by atoms with van der Waals surface area (Å²) >= 11 is 12.0. The normalized spacial score (nSPS) is 14.4. The van der Waals surface area contributed by atoms with Crippen LogP contribution in [-0.2, 0) is 4.79 Å². The molecular weight excluding hydrogens is 493 g/mol. The third-order valence-corrected chi connectivity index (χ3v) is 7.49. The standard InChI is InChI=1S/C29H27Cl2N3O2/c30-24-13-9-20(16-25(24)31)29(36)32-22-10-7-18(8-11-22)27-17-21-15-23(12-14-26(21)34-27)33-28(35)19-5-3-1-2-4-6-19/h7-17,19,34H,1-6H2,(H,32,36)(H,33,35). The van der Waals surface area contributed by atoms with Crippen molar-refractivity contribution in [1.29, 1.82) is 0 Å². The first kappa shape index (κ1) is 24.4. The van der Waals surface area contributed by atoms with Crippen LogP contribution in [0.25, 0.3) is 22.2 Å². The van der Waals surface area contributed by atoms with Crippen LogP contribution >= 0.6 is 23.2 Å². The Morgan fingerprint density at radius 1 is 0.750 bits per heavy atom. The zero-order chi connectivity index (χ0) is 25.1. The van der Waals surface area contributed by atoms with Gasteiger partial charge in [0.25, 0.3) is 5.91 Å². The van der Waals surface area contributed by atoms with Crippen molar-refractivity contribution in [1.82, 2.24) is 4.98 Å². The van der Waals surface area contributed by atoms with Gasteiger partial charge in [-0.1, -0.05) is 61.0 Å². The Kier molecular flexibility index (Phi) is 7.30. The van der Waals surface area contributed by atoms with Crippen molar-refractivity contribution in [2.45, 2.75) is 38.5 Å². The molecular formula is C29H27Cl2N3O2. The fourth-order valence-electron chi connectivity index (χ4n) is 4.73. The van der Waals surface area contributed by atoms with Gasteiger partial charge in [-0.15, -0.1) is 0 Å². The number of carbonyl (C=O) groups is 2. The van der Waals surface area contributed by atoms with Gasteiger partial charge < -0.3 is 15.6 Å². The zero-order valence-corrected chi connectivity index (χ0v) is 21.3. The van der Waals surface area contributed by atoms with Gasteiger partial charge in [-0.3, -0.25) is 9.59 Å². The monoisotopic (exact) mass is 519 g/mol. The van der Waals surface area contributed by atoms with Crippen LogP contribution in [-0.4, -0.2) is 16.8 Å². The van der Waals surface area contributed by atoms with Gasteiger partial charge in [0.05, 0.1) is 10.0 Å². The first-order valence-electron chi connectivity index (χ1n) is 12.3. The molecule has 1 aliphatic rings. The van der Waals surface area contributed by atoms with E-state index in [4.69, 9.17) is 23.2 Å². The maximum Gasteiger partial charge on any atom is 0.255 e. The second-order valence-electron chi connectivity index (χ2n) is 9.32. The molecule has 1 fully saturated rings. The molecule has 5 nitrogen and oxygen atoms in total. The molecule has 4 aromatic rings. The highest BCUT2D eigenvalue weighted by Gasteiger charge is 2.20. The molecule has 0 spiro atoms. The average Bonchev–Trinajstić information content (AvgIpc) is 3.10. The second kappa shape index (κ2) is 10.8. The van der Waals surface area contributed by atoms with Crippen LogP contribution in [0.1, 0.15) is 48.9 Å². The summed E-state index contributed by atoms with van der Waals surface area (Å²) in [7, 11) is 0. The van der Waals surface area contributed by atoms with Gasteiger partial charge in [0, 0.05) is 39.5 Å². The number of benzene rings is 3. The molecule has 1 aromatic heterocycles. The molecule has 0 saturated heterocycles. The molecule has 184 valence electrons. The minimum absolute atomic E-state index is 0.112. The summed E-state index contributed by atoms with van der Waals surface area (Å²) in [6.45, 7) is 0. The molecule has 0 atom stereocenters. The minimum Gasteiger partial charge on any atom is -0.355 e. The highest BCUT2D eigenvalue weighted by atomic mass is 35.5. The molecule has 1 saturated carbocycles. The Morgan fingerprint density at radius 3 is 2.19 bits per heavy atom. The minimum atomic E-state index is -0.259. The lowest BCUT2D eigenvalue weighted by Gasteiger charge is -2.14. The maximum absolute atomic E-state index is 12.8. The predicted molar refractivity (Wildman–Crippen MR) is 148 cm³/mol. The largest absolute Gasteiger partial charge is 0.355 e. The number of carbonyl (C=O) groups excluding carboxylic acids is 2. The quantitative estimate of drug-likeness (QED) is 0.232. The number of H-pyrrole nitrogens is 1. The number of fused-ring (bicyclic) bond motifs is 1. The third-order valence-electron chi connectivity index (χ3n) is 6.75. The average molecular weight is 520 g/mol. The molecule has 3 N–H and O–H groups in total. The van der Waals surface area contributed by atoms with E-state index in [-0.39, 0.29) is 17.7 Å². The van der Waals surface area contributed by atoms with Gasteiger partial charge in [0.2, 0.25) is 5.91 Å². The molecule has 3 aromatic carbocycles. The molecule has 5 rings (SSSR count). The molecule has 1 aliphatic carbocycles. The molecule has 0 unspecified atom stereocenters. The summed E-state index contributed by atoms with van der Waals surface area (Å²) in [4.78, 5) is 28.7. The van der Waals surface area contributed by atoms with Crippen molar-refractivity contribution >= 4 is 57.3 Å². The van der Waals surface area contributed by atoms with Gasteiger partial charge in [0.1, 0.15) is 0 Å². The fourth-order valence-corrected chi connectivity index (χ4v) is 5.02. The van der Waals surface area contributed by atoms with Gasteiger partial charge in [-0.2, -0.15) is 0 Å². The van der Waals surface area contributed by atoms with E-state index in [1.165, 1.54) is 12.8 Å². The van der Waals surface area contributed by atoms with Crippen LogP contribution < -0.4 is 10.6 Å². The first-order chi connectivity index (χ1) is 17.5. The lowest BCUT2D eigenvalue weighted by atomic mass is 9.99. The lowest BCUT2D eigenvalue weighted by Crippen LogP contribution is -2.22. The number of halogens is 2. The van der Waals surface area contributed by atoms with Crippen LogP contribution in [0.4, 0.5) is 11.4 Å². The van der Waals surface area contributed by atoms with Crippen molar-refractivity contribution in [2.24, 2.45) is 5.92 Å². The number of amides is 2. The topological polar surface area (TPSA) is 74.0 Å². The van der Waals surface area contributed by atoms with Crippen molar-refractivity contribution in [2.75, 3.05) is 10.6 Å². The van der Waals surface area contributed by atoms with E-state index in [1.54, 1.807) is 18.2 Å². The first-order valence-corrected chi connectivity index (χ1v) is 13.0. The molecule has 36 heavy (non-hydrogen) atoms. The summed E-state index contributed by atoms with van der Waals surface area (Å²) in [6, 6.07) is 20.4. The zero-order valence-electron chi connectivity index (χ0n) is 19.7. The summed E-state index contributed by atoms with van der Waals surface area (Å²) in [5.74, 6) is -0.0171. The molecule has 7 heteroatoms. The van der Waals surface area contributed by atoms with Crippen LogP contribution in [0.3, 0.4) is 0 Å². The number of anilines is 2. The highest BCUT2D eigenvalue weighted by Crippen LogP contribution is 2.29. The number of rotatable bonds is 5. The van der Waals surface area contributed by atoms with Gasteiger partial charge in [-0.25, -0.2) is 0 Å². The fraction of sp³-hybridized carbons (Fsp3) is 0.241. The highest BCUT2D eigenvalue weighted by molar-refractivity contribution is 6.42. The number of aromatic amines is 1. The van der Waals surface area contributed by atoms with Crippen molar-refractivity contribution in [3.63, 3.8) is 0 Å². The van der Waals surface area contributed by atoms with Gasteiger partial charge >= 0.3 is 0 Å². The van der Waals surface area contributed by atoms with E-state index in [1.807, 2.05) is 42.5 Å². The van der Waals surface area contributed by atoms with E-state index in [0.29, 0.717) is 21.3 Å². The van der Waals surface area contributed by atoms with E-state index in [2.05, 4.69) is 21.7 Å². The summed E-state index contributed by atoms with van der Waals surface area (Å²) in [5.41, 5.74) is 4.87. The molecule has 0 bridgehead atoms. The summed E-state index contributed by atoms with van der Waals surface area (Å²) in [5, 5.41) is 7.77. The van der Waals surface area contributed by atoms with E-state index >= 15 is 0 Å². The van der Waals surface area contributed by atoms with Crippen molar-refractivity contribution < 1.29 is 9.59 Å². The molecule has 0 radical (unpaired) electrons. The lowest BCUT2D eigenvalue weighted by molar-refractivity contribution is -0.120. The van der Waals surface area contributed by atoms with E-state index in [9.17, 15) is 9.59 Å². The summed E-state index contributed by atoms with van der Waals surface area (Å²) in [6.07, 6.45) is 6.68. The second-order valence-corrected chi connectivity index (χ2v) is 10.1. The van der Waals surface area contributed by atoms with E-state index < -0.39 is 0 Å². The van der Waals surface area contributed by atoms with Crippen LogP contribution in [0.15, 0.2) is 66.7 Å². The van der Waals surface area contributed by atoms with Crippen LogP contribution in [0.5, 0.6) is 0 Å². The molecule has 2 amide bonds. The van der Waals surface area contributed by atoms with Crippen molar-refractivity contribution in [3.05, 3.63) is 82.3 Å². The number of hydrogen-bond acceptors (Lipinski definition) is 2. The number of aromatic nitrogens is 1. The van der Waals surface area contributed by atoms with E-state index in [0.717, 1.165) is 53.5 Å². The third kappa shape index (κ3) is 5.58. The van der Waals surface area contributed by atoms with Gasteiger partial charge in [0.15, 0.2) is 0 Å². The van der Waals surface area contributed by atoms with Gasteiger partial charge in [-0.05, 0) is 73.0 Å². The SMILES string of the molecule is O=C(Nc1ccc(-c2cc3cc(NC(=O)C4CCCCCC4)ccc3[nH]2)cc1)c1ccc(Cl)c(Cl)c1. The Labute approximate surface area is 220 Å². The number of nitrogens with one attached hydrogen (secondary N) is 3. The van der Waals surface area contributed by atoms with Crippen LogP contribution in [0, 0.1) is 5.92 Å². The Morgan fingerprint density at radius 2 is 1.47 bits per heavy atom. The molecule has 0 aliphatic heterocycles. The number of hydrogen-bond donors (Lipinski definition) is 3. The Balaban J connectivity index is 1.27. The smallest absolute Gasteiger partial charge is 0.255 e.